The largest absolute Gasteiger partial charge is 0.207 e. The molecule has 0 spiro atoms. The predicted octanol–water partition coefficient (Wildman–Crippen LogP) is 4.71. The van der Waals surface area contributed by atoms with Gasteiger partial charge in [-0.2, -0.15) is 0 Å². The first-order valence-electron chi connectivity index (χ1n) is 6.67. The van der Waals surface area contributed by atoms with Crippen LogP contribution in [0.3, 0.4) is 0 Å². The van der Waals surface area contributed by atoms with Gasteiger partial charge in [0.05, 0.1) is 5.69 Å². The summed E-state index contributed by atoms with van der Waals surface area (Å²) in [6, 6.07) is 16.3. The lowest BCUT2D eigenvalue weighted by Crippen LogP contribution is -1.90. The molecule has 0 radical (unpaired) electrons. The van der Waals surface area contributed by atoms with E-state index in [0.717, 1.165) is 16.2 Å². The SMILES string of the molecule is Fc1ccc(-c2ccc(SCc3cccc(F)c3)nn2)cc1. The van der Waals surface area contributed by atoms with Crippen LogP contribution < -0.4 is 0 Å². The van der Waals surface area contributed by atoms with E-state index in [4.69, 9.17) is 0 Å². The van der Waals surface area contributed by atoms with Crippen LogP contribution in [-0.2, 0) is 5.75 Å². The highest BCUT2D eigenvalue weighted by Crippen LogP contribution is 2.23. The summed E-state index contributed by atoms with van der Waals surface area (Å²) in [5.41, 5.74) is 2.40. The summed E-state index contributed by atoms with van der Waals surface area (Å²) >= 11 is 1.49. The Balaban J connectivity index is 1.68. The van der Waals surface area contributed by atoms with Gasteiger partial charge in [0, 0.05) is 11.3 Å². The standard InChI is InChI=1S/C17H12F2N2S/c18-14-6-4-13(5-7-14)16-8-9-17(21-20-16)22-11-12-2-1-3-15(19)10-12/h1-10H,11H2. The molecule has 22 heavy (non-hydrogen) atoms. The fourth-order valence-corrected chi connectivity index (χ4v) is 2.71. The van der Waals surface area contributed by atoms with E-state index in [9.17, 15) is 8.78 Å². The Labute approximate surface area is 131 Å². The fraction of sp³-hybridized carbons (Fsp3) is 0.0588. The van der Waals surface area contributed by atoms with Crippen molar-refractivity contribution < 1.29 is 8.78 Å². The maximum atomic E-state index is 13.1. The molecular formula is C17H12F2N2S. The second-order valence-corrected chi connectivity index (χ2v) is 5.68. The number of aromatic nitrogens is 2. The van der Waals surface area contributed by atoms with Crippen molar-refractivity contribution in [3.63, 3.8) is 0 Å². The van der Waals surface area contributed by atoms with Gasteiger partial charge in [-0.25, -0.2) is 8.78 Å². The highest BCUT2D eigenvalue weighted by Gasteiger charge is 2.03. The highest BCUT2D eigenvalue weighted by atomic mass is 32.2. The van der Waals surface area contributed by atoms with Crippen molar-refractivity contribution in [3.8, 4) is 11.3 Å². The molecule has 3 rings (SSSR count). The van der Waals surface area contributed by atoms with E-state index in [0.29, 0.717) is 11.4 Å². The molecule has 0 amide bonds. The van der Waals surface area contributed by atoms with Crippen LogP contribution in [0, 0.1) is 11.6 Å². The van der Waals surface area contributed by atoms with Gasteiger partial charge in [-0.15, -0.1) is 10.2 Å². The maximum Gasteiger partial charge on any atom is 0.123 e. The molecule has 0 atom stereocenters. The Kier molecular flexibility index (Phi) is 4.44. The lowest BCUT2D eigenvalue weighted by atomic mass is 10.1. The number of nitrogens with zero attached hydrogens (tertiary/aromatic N) is 2. The molecule has 110 valence electrons. The molecule has 0 bridgehead atoms. The van der Waals surface area contributed by atoms with Gasteiger partial charge in [0.25, 0.3) is 0 Å². The van der Waals surface area contributed by atoms with Crippen molar-refractivity contribution in [1.29, 1.82) is 0 Å². The van der Waals surface area contributed by atoms with Gasteiger partial charge in [-0.05, 0) is 54.1 Å². The van der Waals surface area contributed by atoms with Crippen LogP contribution >= 0.6 is 11.8 Å². The summed E-state index contributed by atoms with van der Waals surface area (Å²) in [6.45, 7) is 0. The Bertz CT molecular complexity index is 758. The minimum absolute atomic E-state index is 0.240. The molecule has 0 fully saturated rings. The van der Waals surface area contributed by atoms with E-state index in [1.54, 1.807) is 18.2 Å². The van der Waals surface area contributed by atoms with Crippen LogP contribution in [0.25, 0.3) is 11.3 Å². The zero-order valence-corrected chi connectivity index (χ0v) is 12.4. The van der Waals surface area contributed by atoms with Gasteiger partial charge >= 0.3 is 0 Å². The number of hydrogen-bond donors (Lipinski definition) is 0. The highest BCUT2D eigenvalue weighted by molar-refractivity contribution is 7.98. The summed E-state index contributed by atoms with van der Waals surface area (Å²) in [5.74, 6) is 0.109. The lowest BCUT2D eigenvalue weighted by Gasteiger charge is -2.03. The molecule has 0 aliphatic carbocycles. The van der Waals surface area contributed by atoms with Gasteiger partial charge in [-0.3, -0.25) is 0 Å². The van der Waals surface area contributed by atoms with Crippen LogP contribution in [0.5, 0.6) is 0 Å². The smallest absolute Gasteiger partial charge is 0.123 e. The Morgan fingerprint density at radius 2 is 1.64 bits per heavy atom. The average molecular weight is 314 g/mol. The third-order valence-corrected chi connectivity index (χ3v) is 4.05. The molecule has 2 aromatic carbocycles. The lowest BCUT2D eigenvalue weighted by molar-refractivity contribution is 0.626. The summed E-state index contributed by atoms with van der Waals surface area (Å²) in [7, 11) is 0. The third kappa shape index (κ3) is 3.68. The quantitative estimate of drug-likeness (QED) is 0.652. The molecule has 0 saturated carbocycles. The van der Waals surface area contributed by atoms with E-state index in [1.165, 1.54) is 36.0 Å². The molecule has 1 heterocycles. The predicted molar refractivity (Wildman–Crippen MR) is 83.4 cm³/mol. The number of thioether (sulfide) groups is 1. The monoisotopic (exact) mass is 314 g/mol. The van der Waals surface area contributed by atoms with E-state index < -0.39 is 0 Å². The van der Waals surface area contributed by atoms with Crippen molar-refractivity contribution in [3.05, 3.63) is 77.9 Å². The summed E-state index contributed by atoms with van der Waals surface area (Å²) in [4.78, 5) is 0. The second-order valence-electron chi connectivity index (χ2n) is 4.68. The molecule has 3 aromatic rings. The molecule has 0 aliphatic rings. The molecular weight excluding hydrogens is 302 g/mol. The Morgan fingerprint density at radius 3 is 2.32 bits per heavy atom. The molecule has 0 unspecified atom stereocenters. The van der Waals surface area contributed by atoms with Crippen molar-refractivity contribution in [2.75, 3.05) is 0 Å². The van der Waals surface area contributed by atoms with E-state index >= 15 is 0 Å². The van der Waals surface area contributed by atoms with Gasteiger partial charge in [-0.1, -0.05) is 23.9 Å². The van der Waals surface area contributed by atoms with Crippen molar-refractivity contribution in [2.24, 2.45) is 0 Å². The first kappa shape index (κ1) is 14.7. The van der Waals surface area contributed by atoms with Gasteiger partial charge in [0.15, 0.2) is 0 Å². The van der Waals surface area contributed by atoms with Crippen molar-refractivity contribution in [2.45, 2.75) is 10.8 Å². The minimum Gasteiger partial charge on any atom is -0.207 e. The molecule has 0 aliphatic heterocycles. The van der Waals surface area contributed by atoms with Gasteiger partial charge < -0.3 is 0 Å². The number of halogens is 2. The zero-order chi connectivity index (χ0) is 15.4. The number of hydrogen-bond acceptors (Lipinski definition) is 3. The molecule has 0 saturated heterocycles. The first-order chi connectivity index (χ1) is 10.7. The Morgan fingerprint density at radius 1 is 0.818 bits per heavy atom. The fourth-order valence-electron chi connectivity index (χ4n) is 1.96. The molecule has 0 N–H and O–H groups in total. The van der Waals surface area contributed by atoms with Crippen LogP contribution in [0.2, 0.25) is 0 Å². The third-order valence-electron chi connectivity index (χ3n) is 3.06. The second kappa shape index (κ2) is 6.66. The first-order valence-corrected chi connectivity index (χ1v) is 7.66. The van der Waals surface area contributed by atoms with Crippen molar-refractivity contribution in [1.82, 2.24) is 10.2 Å². The minimum atomic E-state index is -0.279. The molecule has 1 aromatic heterocycles. The van der Waals surface area contributed by atoms with Gasteiger partial charge in [0.1, 0.15) is 16.7 Å². The molecule has 5 heteroatoms. The van der Waals surface area contributed by atoms with E-state index in [2.05, 4.69) is 10.2 Å². The van der Waals surface area contributed by atoms with Crippen molar-refractivity contribution >= 4 is 11.8 Å². The summed E-state index contributed by atoms with van der Waals surface area (Å²) < 4.78 is 26.0. The summed E-state index contributed by atoms with van der Waals surface area (Å²) in [6.07, 6.45) is 0. The number of rotatable bonds is 4. The average Bonchev–Trinajstić information content (AvgIpc) is 2.54. The van der Waals surface area contributed by atoms with Gasteiger partial charge in [0.2, 0.25) is 0 Å². The van der Waals surface area contributed by atoms with E-state index in [-0.39, 0.29) is 11.6 Å². The Hall–Kier alpha value is -2.27. The van der Waals surface area contributed by atoms with Crippen LogP contribution in [-0.4, -0.2) is 10.2 Å². The maximum absolute atomic E-state index is 13.1. The van der Waals surface area contributed by atoms with Crippen LogP contribution in [0.1, 0.15) is 5.56 Å². The van der Waals surface area contributed by atoms with Crippen LogP contribution in [0.4, 0.5) is 8.78 Å². The van der Waals surface area contributed by atoms with Crippen LogP contribution in [0.15, 0.2) is 65.7 Å². The van der Waals surface area contributed by atoms with E-state index in [1.807, 2.05) is 18.2 Å². The summed E-state index contributed by atoms with van der Waals surface area (Å²) in [5, 5.41) is 9.04. The molecule has 2 nitrogen and oxygen atoms in total. The zero-order valence-electron chi connectivity index (χ0n) is 11.5. The normalized spacial score (nSPS) is 10.6. The number of benzene rings is 2. The topological polar surface area (TPSA) is 25.8 Å².